The molecule has 1 aromatic rings. The summed E-state index contributed by atoms with van der Waals surface area (Å²) in [5, 5.41) is 8.84. The largest absolute Gasteiger partial charge is 0.493 e. The first-order chi connectivity index (χ1) is 8.49. The third-order valence-electron chi connectivity index (χ3n) is 2.90. The van der Waals surface area contributed by atoms with Gasteiger partial charge in [0.25, 0.3) is 0 Å². The summed E-state index contributed by atoms with van der Waals surface area (Å²) >= 11 is 0. The van der Waals surface area contributed by atoms with Gasteiger partial charge in [0.05, 0.1) is 14.2 Å². The molecule has 100 valence electrons. The molecule has 2 atom stereocenters. The Hall–Kier alpha value is -1.75. The van der Waals surface area contributed by atoms with Crippen molar-refractivity contribution in [2.45, 2.75) is 19.4 Å². The Kier molecular flexibility index (Phi) is 4.97. The van der Waals surface area contributed by atoms with Gasteiger partial charge in [-0.3, -0.25) is 4.79 Å². The molecular weight excluding hydrogens is 234 g/mol. The van der Waals surface area contributed by atoms with Crippen molar-refractivity contribution in [2.75, 3.05) is 14.2 Å². The van der Waals surface area contributed by atoms with Crippen molar-refractivity contribution in [3.63, 3.8) is 0 Å². The molecule has 0 amide bonds. The average molecular weight is 253 g/mol. The van der Waals surface area contributed by atoms with Gasteiger partial charge in [-0.2, -0.15) is 0 Å². The van der Waals surface area contributed by atoms with E-state index in [9.17, 15) is 4.79 Å². The van der Waals surface area contributed by atoms with E-state index < -0.39 is 12.0 Å². The maximum Gasteiger partial charge on any atom is 0.320 e. The molecule has 0 fully saturated rings. The monoisotopic (exact) mass is 253 g/mol. The molecule has 0 aliphatic rings. The lowest BCUT2D eigenvalue weighted by molar-refractivity contribution is -0.139. The number of carbonyl (C=O) groups is 1. The van der Waals surface area contributed by atoms with Crippen LogP contribution in [0.15, 0.2) is 18.2 Å². The summed E-state index contributed by atoms with van der Waals surface area (Å²) < 4.78 is 10.3. The molecule has 1 unspecified atom stereocenters. The number of nitrogens with two attached hydrogens (primary N) is 1. The van der Waals surface area contributed by atoms with E-state index in [4.69, 9.17) is 20.3 Å². The maximum atomic E-state index is 10.8. The molecule has 0 heterocycles. The van der Waals surface area contributed by atoms with Gasteiger partial charge in [0.1, 0.15) is 6.04 Å². The van der Waals surface area contributed by atoms with Gasteiger partial charge in [-0.15, -0.1) is 0 Å². The van der Waals surface area contributed by atoms with Crippen LogP contribution in [0.3, 0.4) is 0 Å². The smallest absolute Gasteiger partial charge is 0.320 e. The van der Waals surface area contributed by atoms with Crippen LogP contribution in [0.1, 0.15) is 12.5 Å². The van der Waals surface area contributed by atoms with E-state index in [1.54, 1.807) is 20.3 Å². The molecule has 0 aliphatic carbocycles. The Bertz CT molecular complexity index is 419. The molecule has 0 saturated carbocycles. The number of carboxylic acids is 1. The van der Waals surface area contributed by atoms with E-state index in [1.807, 2.05) is 19.1 Å². The summed E-state index contributed by atoms with van der Waals surface area (Å²) in [5.41, 5.74) is 6.55. The molecule has 5 heteroatoms. The lowest BCUT2D eigenvalue weighted by Gasteiger charge is -2.16. The second-order valence-corrected chi connectivity index (χ2v) is 4.23. The normalized spacial score (nSPS) is 13.8. The average Bonchev–Trinajstić information content (AvgIpc) is 2.37. The Balaban J connectivity index is 2.82. The number of hydrogen-bond acceptors (Lipinski definition) is 4. The molecule has 0 bridgehead atoms. The van der Waals surface area contributed by atoms with Crippen LogP contribution in [0.5, 0.6) is 11.5 Å². The molecule has 0 radical (unpaired) electrons. The molecule has 0 aliphatic heterocycles. The zero-order valence-corrected chi connectivity index (χ0v) is 10.8. The van der Waals surface area contributed by atoms with Crippen LogP contribution in [0, 0.1) is 5.92 Å². The fourth-order valence-electron chi connectivity index (χ4n) is 1.75. The second kappa shape index (κ2) is 6.26. The lowest BCUT2D eigenvalue weighted by Crippen LogP contribution is -2.37. The minimum absolute atomic E-state index is 0.152. The molecule has 3 N–H and O–H groups in total. The lowest BCUT2D eigenvalue weighted by atomic mass is 9.94. The highest BCUT2D eigenvalue weighted by Gasteiger charge is 2.20. The molecule has 0 aromatic heterocycles. The molecule has 18 heavy (non-hydrogen) atoms. The summed E-state index contributed by atoms with van der Waals surface area (Å²) in [7, 11) is 3.13. The second-order valence-electron chi connectivity index (χ2n) is 4.23. The van der Waals surface area contributed by atoms with Crippen LogP contribution >= 0.6 is 0 Å². The van der Waals surface area contributed by atoms with Crippen LogP contribution in [-0.4, -0.2) is 31.3 Å². The number of hydrogen-bond donors (Lipinski definition) is 2. The highest BCUT2D eigenvalue weighted by Crippen LogP contribution is 2.28. The third-order valence-corrected chi connectivity index (χ3v) is 2.90. The SMILES string of the molecule is COc1ccc(CC(C)[C@@H](N)C(=O)O)cc1OC. The van der Waals surface area contributed by atoms with E-state index in [-0.39, 0.29) is 5.92 Å². The Labute approximate surface area is 107 Å². The number of aliphatic carboxylic acids is 1. The van der Waals surface area contributed by atoms with Crippen LogP contribution in [0.2, 0.25) is 0 Å². The van der Waals surface area contributed by atoms with Gasteiger partial charge < -0.3 is 20.3 Å². The maximum absolute atomic E-state index is 10.8. The van der Waals surface area contributed by atoms with E-state index in [0.717, 1.165) is 5.56 Å². The molecular formula is C13H19NO4. The van der Waals surface area contributed by atoms with Gasteiger partial charge in [-0.05, 0) is 30.0 Å². The van der Waals surface area contributed by atoms with Gasteiger partial charge >= 0.3 is 5.97 Å². The Morgan fingerprint density at radius 3 is 2.44 bits per heavy atom. The van der Waals surface area contributed by atoms with Crippen molar-refractivity contribution >= 4 is 5.97 Å². The first-order valence-electron chi connectivity index (χ1n) is 5.69. The summed E-state index contributed by atoms with van der Waals surface area (Å²) in [6, 6.07) is 4.65. The van der Waals surface area contributed by atoms with Crippen LogP contribution in [0.4, 0.5) is 0 Å². The Morgan fingerprint density at radius 1 is 1.33 bits per heavy atom. The number of ether oxygens (including phenoxy) is 2. The fraction of sp³-hybridized carbons (Fsp3) is 0.462. The molecule has 5 nitrogen and oxygen atoms in total. The van der Waals surface area contributed by atoms with Crippen LogP contribution in [0.25, 0.3) is 0 Å². The zero-order valence-electron chi connectivity index (χ0n) is 10.8. The predicted molar refractivity (Wildman–Crippen MR) is 68.0 cm³/mol. The van der Waals surface area contributed by atoms with Gasteiger partial charge in [-0.1, -0.05) is 13.0 Å². The van der Waals surface area contributed by atoms with Gasteiger partial charge in [0.15, 0.2) is 11.5 Å². The van der Waals surface area contributed by atoms with E-state index in [2.05, 4.69) is 0 Å². The summed E-state index contributed by atoms with van der Waals surface area (Å²) in [6.07, 6.45) is 0.577. The molecule has 0 saturated heterocycles. The number of carboxylic acid groups (broad SMARTS) is 1. The van der Waals surface area contributed by atoms with Crippen molar-refractivity contribution in [1.29, 1.82) is 0 Å². The van der Waals surface area contributed by atoms with Gasteiger partial charge in [-0.25, -0.2) is 0 Å². The molecule has 0 spiro atoms. The van der Waals surface area contributed by atoms with Crippen molar-refractivity contribution in [3.8, 4) is 11.5 Å². The van der Waals surface area contributed by atoms with E-state index >= 15 is 0 Å². The molecule has 1 aromatic carbocycles. The predicted octanol–water partition coefficient (Wildman–Crippen LogP) is 1.29. The number of benzene rings is 1. The van der Waals surface area contributed by atoms with Crippen molar-refractivity contribution < 1.29 is 19.4 Å². The van der Waals surface area contributed by atoms with E-state index in [1.165, 1.54) is 0 Å². The Morgan fingerprint density at radius 2 is 1.94 bits per heavy atom. The first-order valence-corrected chi connectivity index (χ1v) is 5.69. The molecule has 1 rings (SSSR count). The highest BCUT2D eigenvalue weighted by molar-refractivity contribution is 5.73. The van der Waals surface area contributed by atoms with Crippen LogP contribution < -0.4 is 15.2 Å². The van der Waals surface area contributed by atoms with Crippen molar-refractivity contribution in [3.05, 3.63) is 23.8 Å². The standard InChI is InChI=1S/C13H19NO4/c1-8(12(14)13(15)16)6-9-4-5-10(17-2)11(7-9)18-3/h4-5,7-8,12H,6,14H2,1-3H3,(H,15,16)/t8?,12-/m1/s1. The third kappa shape index (κ3) is 3.37. The van der Waals surface area contributed by atoms with Crippen LogP contribution in [-0.2, 0) is 11.2 Å². The minimum atomic E-state index is -0.983. The number of rotatable bonds is 6. The van der Waals surface area contributed by atoms with Crippen molar-refractivity contribution in [1.82, 2.24) is 0 Å². The topological polar surface area (TPSA) is 81.8 Å². The van der Waals surface area contributed by atoms with E-state index in [0.29, 0.717) is 17.9 Å². The summed E-state index contributed by atoms with van der Waals surface area (Å²) in [4.78, 5) is 10.8. The minimum Gasteiger partial charge on any atom is -0.493 e. The fourth-order valence-corrected chi connectivity index (χ4v) is 1.75. The zero-order chi connectivity index (χ0) is 13.7. The first kappa shape index (κ1) is 14.3. The number of methoxy groups -OCH3 is 2. The summed E-state index contributed by atoms with van der Waals surface area (Å²) in [6.45, 7) is 1.81. The summed E-state index contributed by atoms with van der Waals surface area (Å²) in [5.74, 6) is 0.145. The quantitative estimate of drug-likeness (QED) is 0.798. The highest BCUT2D eigenvalue weighted by atomic mass is 16.5. The van der Waals surface area contributed by atoms with Gasteiger partial charge in [0, 0.05) is 0 Å². The van der Waals surface area contributed by atoms with Crippen molar-refractivity contribution in [2.24, 2.45) is 11.7 Å². The van der Waals surface area contributed by atoms with Gasteiger partial charge in [0.2, 0.25) is 0 Å².